The third kappa shape index (κ3) is 4.73. The molecular formula is C30H33N3O3. The van der Waals surface area contributed by atoms with Crippen molar-refractivity contribution in [2.24, 2.45) is 0 Å². The molecule has 6 nitrogen and oxygen atoms in total. The normalized spacial score (nSPS) is 19.4. The zero-order chi connectivity index (χ0) is 25.5. The Kier molecular flexibility index (Phi) is 6.08. The van der Waals surface area contributed by atoms with Crippen molar-refractivity contribution in [2.75, 3.05) is 6.54 Å². The number of hydrogen-bond donors (Lipinski definition) is 2. The molecule has 3 aromatic carbocycles. The molecule has 186 valence electrons. The number of hydrogen-bond acceptors (Lipinski definition) is 4. The topological polar surface area (TPSA) is 78.5 Å². The molecule has 6 heteroatoms. The van der Waals surface area contributed by atoms with Gasteiger partial charge in [0.25, 0.3) is 0 Å². The average molecular weight is 484 g/mol. The van der Waals surface area contributed by atoms with E-state index in [0.717, 1.165) is 39.1 Å². The van der Waals surface area contributed by atoms with Crippen molar-refractivity contribution in [2.45, 2.75) is 57.8 Å². The number of rotatable bonds is 6. The number of aromatic nitrogens is 2. The Hall–Kier alpha value is -3.64. The number of nitrogens with zero attached hydrogens (tertiary/aromatic N) is 2. The number of cyclic esters (lactones) is 1. The number of carbonyl (C=O) groups excluding carboxylic acids is 1. The van der Waals surface area contributed by atoms with E-state index in [2.05, 4.69) is 52.4 Å². The lowest BCUT2D eigenvalue weighted by atomic mass is 9.80. The van der Waals surface area contributed by atoms with Crippen molar-refractivity contribution in [1.29, 1.82) is 0 Å². The van der Waals surface area contributed by atoms with Crippen LogP contribution in [0.5, 0.6) is 0 Å². The van der Waals surface area contributed by atoms with E-state index in [1.807, 2.05) is 44.2 Å². The lowest BCUT2D eigenvalue weighted by Gasteiger charge is -2.45. The molecule has 2 N–H and O–H groups in total. The minimum Gasteiger partial charge on any atom is -0.438 e. The summed E-state index contributed by atoms with van der Waals surface area (Å²) in [5.74, 6) is 0.901. The molecule has 2 heterocycles. The maximum Gasteiger partial charge on any atom is 0.411 e. The van der Waals surface area contributed by atoms with Crippen molar-refractivity contribution in [3.8, 4) is 11.1 Å². The Morgan fingerprint density at radius 1 is 1.08 bits per heavy atom. The molecule has 1 aliphatic heterocycles. The second-order valence-electron chi connectivity index (χ2n) is 10.5. The summed E-state index contributed by atoms with van der Waals surface area (Å²) in [6.07, 6.45) is 0.593. The molecule has 0 radical (unpaired) electrons. The van der Waals surface area contributed by atoms with E-state index in [1.165, 1.54) is 0 Å². The molecular weight excluding hydrogens is 450 g/mol. The first-order chi connectivity index (χ1) is 17.1. The highest BCUT2D eigenvalue weighted by Gasteiger charge is 2.46. The van der Waals surface area contributed by atoms with E-state index < -0.39 is 11.2 Å². The molecule has 0 spiro atoms. The molecule has 2 atom stereocenters. The Morgan fingerprint density at radius 3 is 2.44 bits per heavy atom. The number of amides is 1. The molecule has 1 amide bonds. The summed E-state index contributed by atoms with van der Waals surface area (Å²) in [5, 5.41) is 10.6. The Morgan fingerprint density at radius 2 is 1.78 bits per heavy atom. The smallest absolute Gasteiger partial charge is 0.411 e. The van der Waals surface area contributed by atoms with Gasteiger partial charge < -0.3 is 19.7 Å². The second-order valence-corrected chi connectivity index (χ2v) is 10.5. The predicted molar refractivity (Wildman–Crippen MR) is 142 cm³/mol. The Bertz CT molecular complexity index is 1370. The highest BCUT2D eigenvalue weighted by molar-refractivity contribution is 5.82. The first-order valence-corrected chi connectivity index (χ1v) is 12.5. The maximum atomic E-state index is 13.3. The molecule has 1 aromatic heterocycles. The van der Waals surface area contributed by atoms with Crippen LogP contribution in [-0.4, -0.2) is 38.2 Å². The predicted octanol–water partition coefficient (Wildman–Crippen LogP) is 6.50. The number of H-pyrrole nitrogens is 1. The number of imidazole rings is 1. The number of aromatic amines is 1. The molecule has 36 heavy (non-hydrogen) atoms. The van der Waals surface area contributed by atoms with Crippen molar-refractivity contribution < 1.29 is 14.6 Å². The van der Waals surface area contributed by atoms with E-state index in [4.69, 9.17) is 4.74 Å². The average Bonchev–Trinajstić information content (AvgIpc) is 3.22. The fourth-order valence-corrected chi connectivity index (χ4v) is 5.34. The van der Waals surface area contributed by atoms with Crippen LogP contribution in [0.2, 0.25) is 0 Å². The van der Waals surface area contributed by atoms with E-state index >= 15 is 0 Å². The number of aliphatic hydroxyl groups is 1. The lowest BCUT2D eigenvalue weighted by Crippen LogP contribution is -2.51. The van der Waals surface area contributed by atoms with Gasteiger partial charge in [0.2, 0.25) is 0 Å². The number of ether oxygens (including phenoxy) is 1. The SMILES string of the molecule is Cc1nc2cc(-c3ccc([C@H](C)N4CC[C@](CC(C)(C)O)(c5ccccc5)OC4=O)cc3)ccc2[nH]1. The van der Waals surface area contributed by atoms with Crippen LogP contribution in [0.3, 0.4) is 0 Å². The van der Waals surface area contributed by atoms with Gasteiger partial charge in [0, 0.05) is 19.4 Å². The van der Waals surface area contributed by atoms with Gasteiger partial charge in [0.05, 0.1) is 22.7 Å². The van der Waals surface area contributed by atoms with Crippen LogP contribution in [0.25, 0.3) is 22.2 Å². The van der Waals surface area contributed by atoms with Gasteiger partial charge >= 0.3 is 6.09 Å². The van der Waals surface area contributed by atoms with Gasteiger partial charge in [-0.15, -0.1) is 0 Å². The molecule has 1 fully saturated rings. The van der Waals surface area contributed by atoms with Gasteiger partial charge in [-0.05, 0) is 62.1 Å². The minimum absolute atomic E-state index is 0.140. The van der Waals surface area contributed by atoms with Crippen LogP contribution in [0, 0.1) is 6.92 Å². The van der Waals surface area contributed by atoms with Gasteiger partial charge in [-0.3, -0.25) is 0 Å². The molecule has 0 unspecified atom stereocenters. The van der Waals surface area contributed by atoms with Gasteiger partial charge in [0.1, 0.15) is 11.4 Å². The summed E-state index contributed by atoms with van der Waals surface area (Å²) in [6, 6.07) is 24.2. The molecule has 5 rings (SSSR count). The van der Waals surface area contributed by atoms with Gasteiger partial charge in [-0.1, -0.05) is 60.7 Å². The first kappa shape index (κ1) is 24.1. The van der Waals surface area contributed by atoms with E-state index in [9.17, 15) is 9.90 Å². The van der Waals surface area contributed by atoms with Gasteiger partial charge in [0.15, 0.2) is 0 Å². The standard InChI is InChI=1S/C30H33N3O3/c1-20(22-10-12-23(13-11-22)24-14-15-26-27(18-24)32-21(2)31-26)33-17-16-30(36-28(33)34,19-29(3,4)35)25-8-6-5-7-9-25/h5-15,18,20,35H,16-17,19H2,1-4H3,(H,31,32)/t20-,30-/m0/s1. The zero-order valence-electron chi connectivity index (χ0n) is 21.3. The van der Waals surface area contributed by atoms with E-state index in [-0.39, 0.29) is 12.1 Å². The van der Waals surface area contributed by atoms with E-state index in [1.54, 1.807) is 18.7 Å². The van der Waals surface area contributed by atoms with Crippen LogP contribution in [0.15, 0.2) is 72.8 Å². The van der Waals surface area contributed by atoms with Crippen LogP contribution in [0.1, 0.15) is 56.6 Å². The number of fused-ring (bicyclic) bond motifs is 1. The number of aryl methyl sites for hydroxylation is 1. The minimum atomic E-state index is -0.975. The summed E-state index contributed by atoms with van der Waals surface area (Å²) in [4.78, 5) is 22.9. The summed E-state index contributed by atoms with van der Waals surface area (Å²) in [5.41, 5.74) is 4.32. The zero-order valence-corrected chi connectivity index (χ0v) is 21.3. The lowest BCUT2D eigenvalue weighted by molar-refractivity contribution is -0.101. The summed E-state index contributed by atoms with van der Waals surface area (Å²) in [6.45, 7) is 8.04. The summed E-state index contributed by atoms with van der Waals surface area (Å²) >= 11 is 0. The molecule has 0 aliphatic carbocycles. The van der Waals surface area contributed by atoms with Crippen molar-refractivity contribution in [1.82, 2.24) is 14.9 Å². The van der Waals surface area contributed by atoms with Crippen LogP contribution in [0.4, 0.5) is 4.79 Å². The molecule has 1 aliphatic rings. The molecule has 4 aromatic rings. The maximum absolute atomic E-state index is 13.3. The Balaban J connectivity index is 1.35. The Labute approximate surface area is 211 Å². The van der Waals surface area contributed by atoms with Gasteiger partial charge in [-0.25, -0.2) is 9.78 Å². The van der Waals surface area contributed by atoms with Crippen LogP contribution in [-0.2, 0) is 10.3 Å². The quantitative estimate of drug-likeness (QED) is 0.328. The fraction of sp³-hybridized carbons (Fsp3) is 0.333. The van der Waals surface area contributed by atoms with Crippen LogP contribution >= 0.6 is 0 Å². The largest absolute Gasteiger partial charge is 0.438 e. The summed E-state index contributed by atoms with van der Waals surface area (Å²) < 4.78 is 6.14. The van der Waals surface area contributed by atoms with Crippen molar-refractivity contribution in [3.05, 3.63) is 89.7 Å². The third-order valence-corrected chi connectivity index (χ3v) is 7.09. The fourth-order valence-electron chi connectivity index (χ4n) is 5.34. The van der Waals surface area contributed by atoms with Crippen molar-refractivity contribution in [3.63, 3.8) is 0 Å². The third-order valence-electron chi connectivity index (χ3n) is 7.09. The number of nitrogens with one attached hydrogen (secondary N) is 1. The number of carbonyl (C=O) groups is 1. The molecule has 0 saturated carbocycles. The van der Waals surface area contributed by atoms with Crippen molar-refractivity contribution >= 4 is 17.1 Å². The monoisotopic (exact) mass is 483 g/mol. The number of benzene rings is 3. The molecule has 0 bridgehead atoms. The highest BCUT2D eigenvalue weighted by Crippen LogP contribution is 2.42. The molecule has 1 saturated heterocycles. The first-order valence-electron chi connectivity index (χ1n) is 12.5. The highest BCUT2D eigenvalue weighted by atomic mass is 16.6. The van der Waals surface area contributed by atoms with Crippen LogP contribution < -0.4 is 0 Å². The summed E-state index contributed by atoms with van der Waals surface area (Å²) in [7, 11) is 0. The van der Waals surface area contributed by atoms with Gasteiger partial charge in [-0.2, -0.15) is 0 Å². The second kappa shape index (κ2) is 9.10. The van der Waals surface area contributed by atoms with E-state index in [0.29, 0.717) is 19.4 Å².